The number of benzene rings is 1. The summed E-state index contributed by atoms with van der Waals surface area (Å²) in [6.07, 6.45) is 3.29. The summed E-state index contributed by atoms with van der Waals surface area (Å²) in [5.41, 5.74) is 1.60. The molecular weight excluding hydrogens is 309 g/mol. The van der Waals surface area contributed by atoms with E-state index in [0.717, 1.165) is 5.69 Å². The van der Waals surface area contributed by atoms with Crippen molar-refractivity contribution in [3.05, 3.63) is 64.9 Å². The number of amides is 1. The molecule has 6 heteroatoms. The fourth-order valence-electron chi connectivity index (χ4n) is 1.68. The first-order valence-electron chi connectivity index (χ1n) is 6.17. The fraction of sp³-hybridized carbons (Fsp3) is 0.0667. The second-order valence-electron chi connectivity index (χ2n) is 4.21. The molecule has 21 heavy (non-hydrogen) atoms. The van der Waals surface area contributed by atoms with Crippen LogP contribution in [0.5, 0.6) is 0 Å². The van der Waals surface area contributed by atoms with Crippen LogP contribution in [-0.4, -0.2) is 17.4 Å². The van der Waals surface area contributed by atoms with Crippen molar-refractivity contribution in [1.29, 1.82) is 0 Å². The van der Waals surface area contributed by atoms with E-state index in [4.69, 9.17) is 23.2 Å². The van der Waals surface area contributed by atoms with Crippen LogP contribution in [0.2, 0.25) is 10.0 Å². The Morgan fingerprint density at radius 2 is 1.90 bits per heavy atom. The van der Waals surface area contributed by atoms with Gasteiger partial charge in [0.1, 0.15) is 5.69 Å². The van der Waals surface area contributed by atoms with E-state index < -0.39 is 0 Å². The molecular formula is C15H13Cl2N3O. The lowest BCUT2D eigenvalue weighted by Gasteiger charge is -2.08. The molecule has 4 nitrogen and oxygen atoms in total. The molecule has 0 aliphatic rings. The van der Waals surface area contributed by atoms with Crippen LogP contribution in [0, 0.1) is 0 Å². The predicted molar refractivity (Wildman–Crippen MR) is 87.3 cm³/mol. The van der Waals surface area contributed by atoms with Gasteiger partial charge in [-0.2, -0.15) is 0 Å². The van der Waals surface area contributed by atoms with E-state index in [1.165, 1.54) is 0 Å². The third-order valence-electron chi connectivity index (χ3n) is 2.56. The summed E-state index contributed by atoms with van der Waals surface area (Å²) < 4.78 is 0. The van der Waals surface area contributed by atoms with Crippen molar-refractivity contribution in [2.45, 2.75) is 0 Å². The molecule has 0 radical (unpaired) electrons. The van der Waals surface area contributed by atoms with Gasteiger partial charge in [-0.15, -0.1) is 6.58 Å². The minimum Gasteiger partial charge on any atom is -0.381 e. The largest absolute Gasteiger partial charge is 0.381 e. The number of hydrogen-bond acceptors (Lipinski definition) is 3. The lowest BCUT2D eigenvalue weighted by Crippen LogP contribution is -2.14. The Labute approximate surface area is 132 Å². The molecule has 0 aliphatic heterocycles. The first-order chi connectivity index (χ1) is 10.1. The summed E-state index contributed by atoms with van der Waals surface area (Å²) in [5, 5.41) is 6.70. The molecule has 0 fully saturated rings. The van der Waals surface area contributed by atoms with Crippen molar-refractivity contribution in [3.8, 4) is 0 Å². The minimum absolute atomic E-state index is 0.292. The van der Waals surface area contributed by atoms with Crippen LogP contribution in [0.25, 0.3) is 0 Å². The summed E-state index contributed by atoms with van der Waals surface area (Å²) in [4.78, 5) is 16.2. The number of hydrogen-bond donors (Lipinski definition) is 2. The first kappa shape index (κ1) is 15.4. The van der Waals surface area contributed by atoms with Gasteiger partial charge >= 0.3 is 0 Å². The van der Waals surface area contributed by atoms with Crippen LogP contribution in [0.15, 0.2) is 49.2 Å². The normalized spacial score (nSPS) is 10.0. The van der Waals surface area contributed by atoms with Crippen molar-refractivity contribution in [3.63, 3.8) is 0 Å². The zero-order valence-electron chi connectivity index (χ0n) is 11.1. The van der Waals surface area contributed by atoms with Crippen molar-refractivity contribution in [2.75, 3.05) is 17.2 Å². The Balaban J connectivity index is 2.14. The molecule has 2 rings (SSSR count). The maximum atomic E-state index is 12.2. The summed E-state index contributed by atoms with van der Waals surface area (Å²) in [6.45, 7) is 4.23. The Bertz CT molecular complexity index is 653. The van der Waals surface area contributed by atoms with E-state index in [-0.39, 0.29) is 5.91 Å². The topological polar surface area (TPSA) is 54.0 Å². The summed E-state index contributed by atoms with van der Waals surface area (Å²) >= 11 is 11.8. The van der Waals surface area contributed by atoms with E-state index in [0.29, 0.717) is 28.0 Å². The molecule has 1 heterocycles. The number of pyridine rings is 1. The standard InChI is InChI=1S/C15H13Cl2N3O/c1-2-4-18-12-3-5-19-14(9-12)15(21)20-13-7-10(16)6-11(17)8-13/h2-3,5-9H,1,4H2,(H,18,19)(H,20,21). The van der Waals surface area contributed by atoms with Crippen LogP contribution in [0.1, 0.15) is 10.5 Å². The molecule has 0 bridgehead atoms. The van der Waals surface area contributed by atoms with Crippen molar-refractivity contribution < 1.29 is 4.79 Å². The second kappa shape index (κ2) is 7.11. The minimum atomic E-state index is -0.337. The monoisotopic (exact) mass is 321 g/mol. The second-order valence-corrected chi connectivity index (χ2v) is 5.08. The average molecular weight is 322 g/mol. The smallest absolute Gasteiger partial charge is 0.274 e. The molecule has 0 unspecified atom stereocenters. The number of rotatable bonds is 5. The Hall–Kier alpha value is -2.04. The number of aromatic nitrogens is 1. The van der Waals surface area contributed by atoms with Crippen LogP contribution < -0.4 is 10.6 Å². The highest BCUT2D eigenvalue weighted by atomic mass is 35.5. The maximum Gasteiger partial charge on any atom is 0.274 e. The van der Waals surface area contributed by atoms with E-state index >= 15 is 0 Å². The molecule has 0 saturated heterocycles. The fourth-order valence-corrected chi connectivity index (χ4v) is 2.20. The molecule has 1 amide bonds. The average Bonchev–Trinajstić information content (AvgIpc) is 2.44. The van der Waals surface area contributed by atoms with Crippen molar-refractivity contribution >= 4 is 40.5 Å². The van der Waals surface area contributed by atoms with Crippen LogP contribution >= 0.6 is 23.2 Å². The van der Waals surface area contributed by atoms with Gasteiger partial charge in [-0.1, -0.05) is 29.3 Å². The van der Waals surface area contributed by atoms with Gasteiger partial charge in [-0.25, -0.2) is 0 Å². The number of halogens is 2. The molecule has 0 atom stereocenters. The third-order valence-corrected chi connectivity index (χ3v) is 3.00. The number of nitrogens with one attached hydrogen (secondary N) is 2. The van der Waals surface area contributed by atoms with Gasteiger partial charge in [0, 0.05) is 34.2 Å². The highest BCUT2D eigenvalue weighted by Gasteiger charge is 2.09. The molecule has 1 aromatic heterocycles. The van der Waals surface area contributed by atoms with Crippen LogP contribution in [-0.2, 0) is 0 Å². The van der Waals surface area contributed by atoms with Gasteiger partial charge in [-0.05, 0) is 30.3 Å². The lowest BCUT2D eigenvalue weighted by atomic mass is 10.2. The van der Waals surface area contributed by atoms with Gasteiger partial charge in [0.2, 0.25) is 0 Å². The van der Waals surface area contributed by atoms with E-state index in [1.54, 1.807) is 42.6 Å². The van der Waals surface area contributed by atoms with E-state index in [2.05, 4.69) is 22.2 Å². The van der Waals surface area contributed by atoms with Gasteiger partial charge in [-0.3, -0.25) is 9.78 Å². The molecule has 2 N–H and O–H groups in total. The molecule has 0 aliphatic carbocycles. The van der Waals surface area contributed by atoms with Crippen LogP contribution in [0.3, 0.4) is 0 Å². The van der Waals surface area contributed by atoms with E-state index in [1.807, 2.05) is 0 Å². The lowest BCUT2D eigenvalue weighted by molar-refractivity contribution is 0.102. The Morgan fingerprint density at radius 3 is 2.57 bits per heavy atom. The number of carbonyl (C=O) groups is 1. The first-order valence-corrected chi connectivity index (χ1v) is 6.92. The third kappa shape index (κ3) is 4.48. The molecule has 0 saturated carbocycles. The van der Waals surface area contributed by atoms with Crippen molar-refractivity contribution in [2.24, 2.45) is 0 Å². The predicted octanol–water partition coefficient (Wildman–Crippen LogP) is 4.24. The van der Waals surface area contributed by atoms with Gasteiger partial charge in [0.15, 0.2) is 0 Å². The zero-order valence-corrected chi connectivity index (χ0v) is 12.6. The molecule has 2 aromatic rings. The highest BCUT2D eigenvalue weighted by molar-refractivity contribution is 6.35. The maximum absolute atomic E-state index is 12.2. The quantitative estimate of drug-likeness (QED) is 0.810. The van der Waals surface area contributed by atoms with E-state index in [9.17, 15) is 4.79 Å². The zero-order chi connectivity index (χ0) is 15.2. The summed E-state index contributed by atoms with van der Waals surface area (Å²) in [7, 11) is 0. The number of carbonyl (C=O) groups excluding carboxylic acids is 1. The molecule has 1 aromatic carbocycles. The van der Waals surface area contributed by atoms with Gasteiger partial charge in [0.05, 0.1) is 0 Å². The van der Waals surface area contributed by atoms with Crippen LogP contribution in [0.4, 0.5) is 11.4 Å². The van der Waals surface area contributed by atoms with Gasteiger partial charge in [0.25, 0.3) is 5.91 Å². The highest BCUT2D eigenvalue weighted by Crippen LogP contribution is 2.22. The Morgan fingerprint density at radius 1 is 1.19 bits per heavy atom. The Kier molecular flexibility index (Phi) is 5.20. The SMILES string of the molecule is C=CCNc1ccnc(C(=O)Nc2cc(Cl)cc(Cl)c2)c1. The van der Waals surface area contributed by atoms with Crippen molar-refractivity contribution in [1.82, 2.24) is 4.98 Å². The summed E-state index contributed by atoms with van der Waals surface area (Å²) in [5.74, 6) is -0.337. The molecule has 0 spiro atoms. The number of anilines is 2. The molecule has 108 valence electrons. The number of nitrogens with zero attached hydrogens (tertiary/aromatic N) is 1. The summed E-state index contributed by atoms with van der Waals surface area (Å²) in [6, 6.07) is 8.26. The van der Waals surface area contributed by atoms with Gasteiger partial charge < -0.3 is 10.6 Å².